The van der Waals surface area contributed by atoms with Crippen LogP contribution in [-0.2, 0) is 0 Å². The number of hydrogen-bond acceptors (Lipinski definition) is 2. The van der Waals surface area contributed by atoms with Gasteiger partial charge in [0, 0.05) is 18.7 Å². The molecule has 0 bridgehead atoms. The summed E-state index contributed by atoms with van der Waals surface area (Å²) >= 11 is 0. The largest absolute Gasteiger partial charge is 0.338 e. The molecule has 1 amide bonds. The molecule has 3 nitrogen and oxygen atoms in total. The molecule has 2 atom stereocenters. The van der Waals surface area contributed by atoms with Crippen molar-refractivity contribution in [2.75, 3.05) is 13.1 Å². The molecule has 1 aromatic carbocycles. The van der Waals surface area contributed by atoms with Gasteiger partial charge >= 0.3 is 0 Å². The maximum atomic E-state index is 12.6. The second kappa shape index (κ2) is 5.66. The highest BCUT2D eigenvalue weighted by atomic mass is 16.2. The molecular formula is C17H20N2O. The number of nitrogens with zero attached hydrogens (tertiary/aromatic N) is 2. The van der Waals surface area contributed by atoms with E-state index in [9.17, 15) is 4.79 Å². The monoisotopic (exact) mass is 268 g/mol. The number of nitriles is 1. The van der Waals surface area contributed by atoms with Crippen molar-refractivity contribution in [1.29, 1.82) is 5.26 Å². The SMILES string of the molecule is N#Cc1cccc(C(=O)N2CCC3CCCCC3C2)c1. The van der Waals surface area contributed by atoms with Crippen LogP contribution in [-0.4, -0.2) is 23.9 Å². The van der Waals surface area contributed by atoms with Crippen molar-refractivity contribution in [1.82, 2.24) is 4.90 Å². The number of fused-ring (bicyclic) bond motifs is 1. The minimum absolute atomic E-state index is 0.0890. The molecule has 0 radical (unpaired) electrons. The van der Waals surface area contributed by atoms with Crippen LogP contribution >= 0.6 is 0 Å². The lowest BCUT2D eigenvalue weighted by molar-refractivity contribution is 0.0521. The number of piperidine rings is 1. The molecule has 2 aliphatic rings. The Morgan fingerprint density at radius 1 is 1.20 bits per heavy atom. The topological polar surface area (TPSA) is 44.1 Å². The Hall–Kier alpha value is -1.82. The van der Waals surface area contributed by atoms with E-state index in [0.29, 0.717) is 17.0 Å². The van der Waals surface area contributed by atoms with Crippen LogP contribution in [0.25, 0.3) is 0 Å². The third-order valence-corrected chi connectivity index (χ3v) is 4.82. The summed E-state index contributed by atoms with van der Waals surface area (Å²) in [5, 5.41) is 8.93. The highest BCUT2D eigenvalue weighted by Crippen LogP contribution is 2.36. The van der Waals surface area contributed by atoms with E-state index < -0.39 is 0 Å². The molecule has 0 aromatic heterocycles. The van der Waals surface area contributed by atoms with Crippen molar-refractivity contribution >= 4 is 5.91 Å². The van der Waals surface area contributed by atoms with Crippen molar-refractivity contribution in [3.8, 4) is 6.07 Å². The second-order valence-electron chi connectivity index (χ2n) is 6.04. The van der Waals surface area contributed by atoms with Crippen molar-refractivity contribution in [2.45, 2.75) is 32.1 Å². The zero-order valence-electron chi connectivity index (χ0n) is 11.7. The van der Waals surface area contributed by atoms with E-state index in [0.717, 1.165) is 25.4 Å². The van der Waals surface area contributed by atoms with Gasteiger partial charge in [-0.15, -0.1) is 0 Å². The van der Waals surface area contributed by atoms with Crippen molar-refractivity contribution in [2.24, 2.45) is 11.8 Å². The Bertz CT molecular complexity index is 546. The molecule has 20 heavy (non-hydrogen) atoms. The second-order valence-corrected chi connectivity index (χ2v) is 6.04. The number of hydrogen-bond donors (Lipinski definition) is 0. The number of carbonyl (C=O) groups excluding carboxylic acids is 1. The average Bonchev–Trinajstić information content (AvgIpc) is 2.53. The van der Waals surface area contributed by atoms with E-state index in [4.69, 9.17) is 5.26 Å². The zero-order chi connectivity index (χ0) is 13.9. The van der Waals surface area contributed by atoms with E-state index in [-0.39, 0.29) is 5.91 Å². The van der Waals surface area contributed by atoms with Gasteiger partial charge in [0.15, 0.2) is 0 Å². The van der Waals surface area contributed by atoms with Gasteiger partial charge in [0.25, 0.3) is 5.91 Å². The lowest BCUT2D eigenvalue weighted by atomic mass is 9.75. The van der Waals surface area contributed by atoms with Crippen molar-refractivity contribution in [3.05, 3.63) is 35.4 Å². The Labute approximate surface area is 120 Å². The van der Waals surface area contributed by atoms with E-state index in [1.54, 1.807) is 18.2 Å². The number of rotatable bonds is 1. The maximum Gasteiger partial charge on any atom is 0.253 e. The van der Waals surface area contributed by atoms with Gasteiger partial charge in [-0.2, -0.15) is 5.26 Å². The molecule has 1 saturated heterocycles. The molecule has 1 heterocycles. The standard InChI is InChI=1S/C17H20N2O/c18-11-13-4-3-7-15(10-13)17(20)19-9-8-14-5-1-2-6-16(14)12-19/h3-4,7,10,14,16H,1-2,5-6,8-9,12H2. The number of benzene rings is 1. The maximum absolute atomic E-state index is 12.6. The van der Waals surface area contributed by atoms with Gasteiger partial charge in [0.2, 0.25) is 0 Å². The van der Waals surface area contributed by atoms with Crippen LogP contribution in [0.3, 0.4) is 0 Å². The zero-order valence-corrected chi connectivity index (χ0v) is 11.7. The van der Waals surface area contributed by atoms with Gasteiger partial charge in [0.05, 0.1) is 11.6 Å². The van der Waals surface area contributed by atoms with Crippen LogP contribution in [0, 0.1) is 23.2 Å². The van der Waals surface area contributed by atoms with Gasteiger partial charge in [-0.3, -0.25) is 4.79 Å². The van der Waals surface area contributed by atoms with E-state index in [2.05, 4.69) is 6.07 Å². The average molecular weight is 268 g/mol. The first-order valence-electron chi connectivity index (χ1n) is 7.57. The highest BCUT2D eigenvalue weighted by molar-refractivity contribution is 5.94. The van der Waals surface area contributed by atoms with Crippen LogP contribution in [0.15, 0.2) is 24.3 Å². The third-order valence-electron chi connectivity index (χ3n) is 4.82. The molecule has 0 spiro atoms. The summed E-state index contributed by atoms with van der Waals surface area (Å²) in [7, 11) is 0. The first-order valence-corrected chi connectivity index (χ1v) is 7.57. The van der Waals surface area contributed by atoms with Crippen LogP contribution in [0.4, 0.5) is 0 Å². The van der Waals surface area contributed by atoms with Crippen LogP contribution in [0.2, 0.25) is 0 Å². The fraction of sp³-hybridized carbons (Fsp3) is 0.529. The summed E-state index contributed by atoms with van der Waals surface area (Å²) < 4.78 is 0. The van der Waals surface area contributed by atoms with Gasteiger partial charge < -0.3 is 4.90 Å². The number of likely N-dealkylation sites (tertiary alicyclic amines) is 1. The van der Waals surface area contributed by atoms with Crippen molar-refractivity contribution < 1.29 is 4.79 Å². The summed E-state index contributed by atoms with van der Waals surface area (Å²) in [6.07, 6.45) is 6.43. The smallest absolute Gasteiger partial charge is 0.253 e. The molecule has 0 N–H and O–H groups in total. The van der Waals surface area contributed by atoms with Crippen LogP contribution in [0.5, 0.6) is 0 Å². The minimum Gasteiger partial charge on any atom is -0.338 e. The summed E-state index contributed by atoms with van der Waals surface area (Å²) in [4.78, 5) is 14.5. The van der Waals surface area contributed by atoms with E-state index in [1.807, 2.05) is 11.0 Å². The van der Waals surface area contributed by atoms with E-state index >= 15 is 0 Å². The van der Waals surface area contributed by atoms with Crippen LogP contribution in [0.1, 0.15) is 48.0 Å². The van der Waals surface area contributed by atoms with E-state index in [1.165, 1.54) is 25.7 Å². The normalized spacial score (nSPS) is 25.6. The summed E-state index contributed by atoms with van der Waals surface area (Å²) in [5.41, 5.74) is 1.21. The molecule has 1 aliphatic carbocycles. The molecule has 1 aromatic rings. The minimum atomic E-state index is 0.0890. The number of carbonyl (C=O) groups is 1. The molecule has 104 valence electrons. The van der Waals surface area contributed by atoms with Gasteiger partial charge in [-0.1, -0.05) is 25.3 Å². The summed E-state index contributed by atoms with van der Waals surface area (Å²) in [5.74, 6) is 1.62. The Morgan fingerprint density at radius 3 is 2.80 bits per heavy atom. The molecular weight excluding hydrogens is 248 g/mol. The Kier molecular flexibility index (Phi) is 3.73. The third kappa shape index (κ3) is 2.56. The first kappa shape index (κ1) is 13.2. The molecule has 2 unspecified atom stereocenters. The van der Waals surface area contributed by atoms with Gasteiger partial charge in [-0.05, 0) is 42.9 Å². The summed E-state index contributed by atoms with van der Waals surface area (Å²) in [6, 6.07) is 9.15. The quantitative estimate of drug-likeness (QED) is 0.785. The fourth-order valence-electron chi connectivity index (χ4n) is 3.69. The molecule has 3 heteroatoms. The van der Waals surface area contributed by atoms with Crippen LogP contribution < -0.4 is 0 Å². The predicted octanol–water partition coefficient (Wildman–Crippen LogP) is 3.21. The molecule has 3 rings (SSSR count). The predicted molar refractivity (Wildman–Crippen MR) is 77.1 cm³/mol. The molecule has 1 saturated carbocycles. The van der Waals surface area contributed by atoms with Crippen molar-refractivity contribution in [3.63, 3.8) is 0 Å². The summed E-state index contributed by atoms with van der Waals surface area (Å²) in [6.45, 7) is 1.77. The van der Waals surface area contributed by atoms with Gasteiger partial charge in [-0.25, -0.2) is 0 Å². The highest BCUT2D eigenvalue weighted by Gasteiger charge is 2.33. The molecule has 2 fully saturated rings. The lowest BCUT2D eigenvalue weighted by Gasteiger charge is -2.41. The molecule has 1 aliphatic heterocycles. The first-order chi connectivity index (χ1) is 9.78. The fourth-order valence-corrected chi connectivity index (χ4v) is 3.69. The lowest BCUT2D eigenvalue weighted by Crippen LogP contribution is -2.44. The Balaban J connectivity index is 1.72. The Morgan fingerprint density at radius 2 is 2.00 bits per heavy atom. The number of amides is 1. The van der Waals surface area contributed by atoms with Gasteiger partial charge in [0.1, 0.15) is 0 Å².